The second-order valence-corrected chi connectivity index (χ2v) is 8.63. The largest absolute Gasteiger partial charge is 0.332 e. The van der Waals surface area contributed by atoms with Gasteiger partial charge < -0.3 is 9.42 Å². The van der Waals surface area contributed by atoms with E-state index in [1.807, 2.05) is 59.4 Å². The summed E-state index contributed by atoms with van der Waals surface area (Å²) in [6.07, 6.45) is 3.88. The van der Waals surface area contributed by atoms with Crippen LogP contribution in [0.1, 0.15) is 45.1 Å². The van der Waals surface area contributed by atoms with Crippen molar-refractivity contribution in [3.8, 4) is 17.3 Å². The molecule has 2 amide bonds. The minimum Gasteiger partial charge on any atom is -0.332 e. The number of nitrogens with zero attached hydrogens (tertiary/aromatic N) is 6. The molecule has 0 N–H and O–H groups in total. The third kappa shape index (κ3) is 2.90. The Morgan fingerprint density at radius 3 is 2.52 bits per heavy atom. The lowest BCUT2D eigenvalue weighted by atomic mass is 9.96. The third-order valence-corrected chi connectivity index (χ3v) is 5.51. The van der Waals surface area contributed by atoms with Gasteiger partial charge >= 0.3 is 6.03 Å². The molecule has 8 heteroatoms. The van der Waals surface area contributed by atoms with Crippen LogP contribution in [0.3, 0.4) is 0 Å². The van der Waals surface area contributed by atoms with Crippen LogP contribution in [-0.4, -0.2) is 43.7 Å². The number of carbonyl (C=O) groups excluding carboxylic acids is 1. The number of hydrogen-bond donors (Lipinski definition) is 0. The number of rotatable bonds is 1. The molecule has 2 aliphatic rings. The number of anilines is 1. The summed E-state index contributed by atoms with van der Waals surface area (Å²) in [5.41, 5.74) is 3.10. The van der Waals surface area contributed by atoms with Gasteiger partial charge in [-0.15, -0.1) is 0 Å². The number of imidazole rings is 1. The van der Waals surface area contributed by atoms with Crippen molar-refractivity contribution in [3.63, 3.8) is 0 Å². The summed E-state index contributed by atoms with van der Waals surface area (Å²) < 4.78 is 7.55. The van der Waals surface area contributed by atoms with Crippen LogP contribution in [0.25, 0.3) is 17.3 Å². The van der Waals surface area contributed by atoms with E-state index in [1.54, 1.807) is 6.33 Å². The molecule has 150 valence electrons. The molecule has 3 aromatic rings. The predicted octanol–water partition coefficient (Wildman–Crippen LogP) is 3.76. The normalized spacial score (nSPS) is 16.1. The molecule has 8 nitrogen and oxygen atoms in total. The maximum Gasteiger partial charge on any atom is 0.324 e. The van der Waals surface area contributed by atoms with Gasteiger partial charge in [-0.05, 0) is 25.0 Å². The summed E-state index contributed by atoms with van der Waals surface area (Å²) in [6, 6.07) is 7.95. The number of aromatic nitrogens is 4. The molecule has 29 heavy (non-hydrogen) atoms. The van der Waals surface area contributed by atoms with Gasteiger partial charge in [-0.2, -0.15) is 4.98 Å². The van der Waals surface area contributed by atoms with E-state index in [0.717, 1.165) is 43.0 Å². The molecule has 5 rings (SSSR count). The molecule has 0 radical (unpaired) electrons. The smallest absolute Gasteiger partial charge is 0.324 e. The van der Waals surface area contributed by atoms with Crippen LogP contribution in [0.4, 0.5) is 10.5 Å². The van der Waals surface area contributed by atoms with Gasteiger partial charge in [0.2, 0.25) is 0 Å². The van der Waals surface area contributed by atoms with Gasteiger partial charge in [0.1, 0.15) is 6.33 Å². The highest BCUT2D eigenvalue weighted by Crippen LogP contribution is 2.36. The lowest BCUT2D eigenvalue weighted by Crippen LogP contribution is -2.43. The fraction of sp³-hybridized carbons (Fsp3) is 0.429. The Kier molecular flexibility index (Phi) is 3.97. The highest BCUT2D eigenvalue weighted by Gasteiger charge is 2.34. The number of likely N-dealkylation sites (tertiary alicyclic amines) is 1. The number of fused-ring (bicyclic) bond motifs is 3. The Bertz CT molecular complexity index is 1070. The second-order valence-electron chi connectivity index (χ2n) is 8.63. The van der Waals surface area contributed by atoms with E-state index in [4.69, 9.17) is 4.52 Å². The molecule has 0 saturated carbocycles. The number of benzene rings is 1. The van der Waals surface area contributed by atoms with Gasteiger partial charge in [-0.1, -0.05) is 38.1 Å². The lowest BCUT2D eigenvalue weighted by Gasteiger charge is -2.33. The molecule has 2 aromatic heterocycles. The van der Waals surface area contributed by atoms with E-state index in [2.05, 4.69) is 15.1 Å². The highest BCUT2D eigenvalue weighted by molar-refractivity contribution is 5.95. The number of amides is 2. The third-order valence-electron chi connectivity index (χ3n) is 5.51. The number of carbonyl (C=O) groups is 1. The molecule has 1 saturated heterocycles. The second kappa shape index (κ2) is 6.43. The fourth-order valence-electron chi connectivity index (χ4n) is 3.92. The van der Waals surface area contributed by atoms with Gasteiger partial charge in [-0.3, -0.25) is 9.47 Å². The number of hydrogen-bond acceptors (Lipinski definition) is 5. The van der Waals surface area contributed by atoms with Crippen LogP contribution in [-0.2, 0) is 12.0 Å². The van der Waals surface area contributed by atoms with Crippen LogP contribution < -0.4 is 4.90 Å². The number of urea groups is 1. The van der Waals surface area contributed by atoms with E-state index in [9.17, 15) is 4.79 Å². The lowest BCUT2D eigenvalue weighted by molar-refractivity contribution is 0.214. The van der Waals surface area contributed by atoms with Crippen LogP contribution in [0, 0.1) is 0 Å². The average molecular weight is 392 g/mol. The maximum atomic E-state index is 13.2. The summed E-state index contributed by atoms with van der Waals surface area (Å²) in [4.78, 5) is 26.1. The highest BCUT2D eigenvalue weighted by atomic mass is 16.5. The zero-order valence-electron chi connectivity index (χ0n) is 16.9. The first kappa shape index (κ1) is 17.9. The van der Waals surface area contributed by atoms with Crippen LogP contribution in [0.2, 0.25) is 0 Å². The molecule has 0 atom stereocenters. The molecule has 1 aromatic carbocycles. The van der Waals surface area contributed by atoms with E-state index >= 15 is 0 Å². The molecule has 0 spiro atoms. The van der Waals surface area contributed by atoms with Gasteiger partial charge in [0.15, 0.2) is 11.5 Å². The first-order chi connectivity index (χ1) is 13.9. The average Bonchev–Trinajstić information content (AvgIpc) is 3.46. The van der Waals surface area contributed by atoms with Crippen LogP contribution in [0.15, 0.2) is 35.1 Å². The van der Waals surface area contributed by atoms with E-state index < -0.39 is 0 Å². The van der Waals surface area contributed by atoms with Gasteiger partial charge in [-0.25, -0.2) is 9.78 Å². The molecule has 0 unspecified atom stereocenters. The van der Waals surface area contributed by atoms with E-state index in [-0.39, 0.29) is 11.4 Å². The molecule has 4 heterocycles. The van der Waals surface area contributed by atoms with Gasteiger partial charge in [0.25, 0.3) is 5.89 Å². The SMILES string of the molecule is CC(C)(C)c1noc(-c2ncn3c2CN(C(=O)N2CCCC2)c2ccccc2-3)n1. The van der Waals surface area contributed by atoms with Crippen molar-refractivity contribution in [1.82, 2.24) is 24.6 Å². The van der Waals surface area contributed by atoms with Crippen molar-refractivity contribution in [2.24, 2.45) is 0 Å². The fourth-order valence-corrected chi connectivity index (χ4v) is 3.92. The minimum absolute atomic E-state index is 0.0364. The summed E-state index contributed by atoms with van der Waals surface area (Å²) in [7, 11) is 0. The van der Waals surface area contributed by atoms with Crippen molar-refractivity contribution >= 4 is 11.7 Å². The van der Waals surface area contributed by atoms with Crippen molar-refractivity contribution in [1.29, 1.82) is 0 Å². The minimum atomic E-state index is -0.216. The zero-order chi connectivity index (χ0) is 20.2. The Morgan fingerprint density at radius 2 is 1.83 bits per heavy atom. The summed E-state index contributed by atoms with van der Waals surface area (Å²) in [6.45, 7) is 8.14. The number of para-hydroxylation sites is 2. The molecular weight excluding hydrogens is 368 g/mol. The molecule has 0 bridgehead atoms. The van der Waals surface area contributed by atoms with Crippen molar-refractivity contribution < 1.29 is 9.32 Å². The monoisotopic (exact) mass is 392 g/mol. The molecule has 0 aliphatic carbocycles. The summed E-state index contributed by atoms with van der Waals surface area (Å²) in [5, 5.41) is 4.13. The van der Waals surface area contributed by atoms with Crippen LogP contribution >= 0.6 is 0 Å². The van der Waals surface area contributed by atoms with Crippen LogP contribution in [0.5, 0.6) is 0 Å². The predicted molar refractivity (Wildman–Crippen MR) is 108 cm³/mol. The summed E-state index contributed by atoms with van der Waals surface area (Å²) in [5.74, 6) is 1.02. The quantitative estimate of drug-likeness (QED) is 0.630. The maximum absolute atomic E-state index is 13.2. The molecular formula is C21H24N6O2. The van der Waals surface area contributed by atoms with Gasteiger partial charge in [0.05, 0.1) is 23.6 Å². The van der Waals surface area contributed by atoms with Gasteiger partial charge in [0, 0.05) is 18.5 Å². The Balaban J connectivity index is 1.58. The Morgan fingerprint density at radius 1 is 1.10 bits per heavy atom. The van der Waals surface area contributed by atoms with E-state index in [0.29, 0.717) is 24.0 Å². The topological polar surface area (TPSA) is 80.3 Å². The molecule has 1 fully saturated rings. The molecule has 2 aliphatic heterocycles. The summed E-state index contributed by atoms with van der Waals surface area (Å²) >= 11 is 0. The first-order valence-electron chi connectivity index (χ1n) is 10.00. The van der Waals surface area contributed by atoms with Crippen molar-refractivity contribution in [3.05, 3.63) is 42.1 Å². The Hall–Kier alpha value is -3.16. The Labute approximate surface area is 169 Å². The van der Waals surface area contributed by atoms with Crippen molar-refractivity contribution in [2.75, 3.05) is 18.0 Å². The van der Waals surface area contributed by atoms with Crippen molar-refractivity contribution in [2.45, 2.75) is 45.6 Å². The first-order valence-corrected chi connectivity index (χ1v) is 10.00. The van der Waals surface area contributed by atoms with E-state index in [1.165, 1.54) is 0 Å². The standard InChI is InChI=1S/C21H24N6O2/c1-21(2,3)19-23-18(29-24-19)17-16-12-26(20(28)25-10-6-7-11-25)14-8-4-5-9-15(14)27(16)13-22-17/h4-5,8-9,13H,6-7,10-12H2,1-3H3. The zero-order valence-corrected chi connectivity index (χ0v) is 16.9.